The number of pyridine rings is 2. The molecule has 3 aromatic rings. The molecule has 0 aromatic carbocycles. The van der Waals surface area contributed by atoms with Crippen LogP contribution in [0.4, 0.5) is 0 Å². The second-order valence-corrected chi connectivity index (χ2v) is 5.63. The fourth-order valence-corrected chi connectivity index (χ4v) is 2.70. The standard InChI is InChI=1S/C17H15N5O2/c23-15(9-12-3-1-6-18-10-12)22-8-5-14(22)17-20-16(21-24-17)13-4-2-7-19-11-13/h1-4,6-7,10-11,14H,5,8-9H2/t14-/m0/s1. The summed E-state index contributed by atoms with van der Waals surface area (Å²) in [6.07, 6.45) is 7.93. The highest BCUT2D eigenvalue weighted by Gasteiger charge is 2.37. The highest BCUT2D eigenvalue weighted by molar-refractivity contribution is 5.79. The molecule has 0 spiro atoms. The summed E-state index contributed by atoms with van der Waals surface area (Å²) in [5, 5.41) is 3.99. The first-order valence-corrected chi connectivity index (χ1v) is 7.73. The molecule has 4 rings (SSSR count). The number of hydrogen-bond acceptors (Lipinski definition) is 6. The van der Waals surface area contributed by atoms with Gasteiger partial charge < -0.3 is 9.42 Å². The van der Waals surface area contributed by atoms with Gasteiger partial charge in [0.1, 0.15) is 6.04 Å². The number of amides is 1. The van der Waals surface area contributed by atoms with Crippen molar-refractivity contribution < 1.29 is 9.32 Å². The van der Waals surface area contributed by atoms with Gasteiger partial charge in [-0.05, 0) is 30.2 Å². The number of carbonyl (C=O) groups excluding carboxylic acids is 1. The predicted octanol–water partition coefficient (Wildman–Crippen LogP) is 2.04. The van der Waals surface area contributed by atoms with Crippen molar-refractivity contribution in [3.8, 4) is 11.4 Å². The molecule has 1 atom stereocenters. The SMILES string of the molecule is O=C(Cc1cccnc1)N1CC[C@H]1c1nc(-c2cccnc2)no1. The number of hydrogen-bond donors (Lipinski definition) is 0. The zero-order chi connectivity index (χ0) is 16.4. The maximum absolute atomic E-state index is 12.5. The van der Waals surface area contributed by atoms with Crippen molar-refractivity contribution in [2.45, 2.75) is 18.9 Å². The van der Waals surface area contributed by atoms with Gasteiger partial charge in [-0.3, -0.25) is 14.8 Å². The summed E-state index contributed by atoms with van der Waals surface area (Å²) in [6, 6.07) is 7.26. The van der Waals surface area contributed by atoms with E-state index in [1.54, 1.807) is 29.7 Å². The molecule has 1 aliphatic rings. The maximum Gasteiger partial charge on any atom is 0.249 e. The van der Waals surface area contributed by atoms with E-state index in [-0.39, 0.29) is 11.9 Å². The summed E-state index contributed by atoms with van der Waals surface area (Å²) in [5.74, 6) is 1.00. The normalized spacial score (nSPS) is 16.7. The van der Waals surface area contributed by atoms with E-state index in [1.807, 2.05) is 24.3 Å². The van der Waals surface area contributed by atoms with Crippen LogP contribution in [0.15, 0.2) is 53.6 Å². The highest BCUT2D eigenvalue weighted by atomic mass is 16.5. The Morgan fingerprint density at radius 1 is 1.21 bits per heavy atom. The van der Waals surface area contributed by atoms with E-state index in [4.69, 9.17) is 4.52 Å². The van der Waals surface area contributed by atoms with Crippen LogP contribution in [0.3, 0.4) is 0 Å². The molecule has 7 heteroatoms. The molecule has 0 saturated carbocycles. The second-order valence-electron chi connectivity index (χ2n) is 5.63. The third kappa shape index (κ3) is 2.76. The molecule has 0 bridgehead atoms. The fraction of sp³-hybridized carbons (Fsp3) is 0.235. The van der Waals surface area contributed by atoms with Crippen molar-refractivity contribution in [3.05, 3.63) is 60.5 Å². The first-order chi connectivity index (χ1) is 11.8. The average molecular weight is 321 g/mol. The number of nitrogens with zero attached hydrogens (tertiary/aromatic N) is 5. The Hall–Kier alpha value is -3.09. The van der Waals surface area contributed by atoms with Gasteiger partial charge in [0.2, 0.25) is 17.6 Å². The maximum atomic E-state index is 12.5. The molecule has 1 saturated heterocycles. The lowest BCUT2D eigenvalue weighted by Crippen LogP contribution is -2.46. The zero-order valence-electron chi connectivity index (χ0n) is 12.9. The summed E-state index contributed by atoms with van der Waals surface area (Å²) in [4.78, 5) is 26.7. The molecule has 1 fully saturated rings. The van der Waals surface area contributed by atoms with Crippen molar-refractivity contribution in [1.82, 2.24) is 25.0 Å². The van der Waals surface area contributed by atoms with Crippen LogP contribution in [0.5, 0.6) is 0 Å². The van der Waals surface area contributed by atoms with E-state index in [2.05, 4.69) is 20.1 Å². The van der Waals surface area contributed by atoms with Crippen molar-refractivity contribution in [3.63, 3.8) is 0 Å². The Morgan fingerprint density at radius 2 is 2.04 bits per heavy atom. The van der Waals surface area contributed by atoms with Crippen LogP contribution in [-0.2, 0) is 11.2 Å². The molecule has 7 nitrogen and oxygen atoms in total. The first kappa shape index (κ1) is 14.5. The number of likely N-dealkylation sites (tertiary alicyclic amines) is 1. The van der Waals surface area contributed by atoms with Crippen molar-refractivity contribution >= 4 is 5.91 Å². The van der Waals surface area contributed by atoms with Crippen LogP contribution in [0.2, 0.25) is 0 Å². The average Bonchev–Trinajstić information content (AvgIpc) is 3.05. The van der Waals surface area contributed by atoms with Gasteiger partial charge in [-0.15, -0.1) is 0 Å². The van der Waals surface area contributed by atoms with Crippen LogP contribution in [0, 0.1) is 0 Å². The van der Waals surface area contributed by atoms with E-state index in [9.17, 15) is 4.79 Å². The van der Waals surface area contributed by atoms with Gasteiger partial charge >= 0.3 is 0 Å². The second kappa shape index (κ2) is 6.19. The van der Waals surface area contributed by atoms with Gasteiger partial charge in [0.15, 0.2) is 0 Å². The van der Waals surface area contributed by atoms with Crippen LogP contribution in [0.25, 0.3) is 11.4 Å². The molecular formula is C17H15N5O2. The van der Waals surface area contributed by atoms with Crippen LogP contribution in [0.1, 0.15) is 23.9 Å². The Bertz CT molecular complexity index is 834. The molecule has 0 unspecified atom stereocenters. The Balaban J connectivity index is 1.47. The largest absolute Gasteiger partial charge is 0.337 e. The van der Waals surface area contributed by atoms with Gasteiger partial charge in [0.05, 0.1) is 6.42 Å². The third-order valence-electron chi connectivity index (χ3n) is 4.06. The quantitative estimate of drug-likeness (QED) is 0.731. The van der Waals surface area contributed by atoms with E-state index < -0.39 is 0 Å². The van der Waals surface area contributed by atoms with Crippen LogP contribution < -0.4 is 0 Å². The van der Waals surface area contributed by atoms with E-state index >= 15 is 0 Å². The van der Waals surface area contributed by atoms with Crippen molar-refractivity contribution in [2.24, 2.45) is 0 Å². The predicted molar refractivity (Wildman–Crippen MR) is 84.5 cm³/mol. The molecule has 24 heavy (non-hydrogen) atoms. The summed E-state index contributed by atoms with van der Waals surface area (Å²) < 4.78 is 5.36. The lowest BCUT2D eigenvalue weighted by Gasteiger charge is -2.38. The summed E-state index contributed by atoms with van der Waals surface area (Å²) in [6.45, 7) is 0.703. The Morgan fingerprint density at radius 3 is 2.71 bits per heavy atom. The molecular weight excluding hydrogens is 306 g/mol. The molecule has 0 radical (unpaired) electrons. The highest BCUT2D eigenvalue weighted by Crippen LogP contribution is 2.33. The monoisotopic (exact) mass is 321 g/mol. The molecule has 0 aliphatic carbocycles. The lowest BCUT2D eigenvalue weighted by atomic mass is 10.0. The molecule has 1 amide bonds. The molecule has 3 aromatic heterocycles. The molecule has 4 heterocycles. The number of carbonyl (C=O) groups is 1. The Labute approximate surface area is 138 Å². The van der Waals surface area contributed by atoms with Gasteiger partial charge in [-0.2, -0.15) is 4.98 Å². The third-order valence-corrected chi connectivity index (χ3v) is 4.06. The molecule has 0 N–H and O–H groups in total. The minimum absolute atomic E-state index is 0.0420. The fourth-order valence-electron chi connectivity index (χ4n) is 2.70. The van der Waals surface area contributed by atoms with Crippen LogP contribution in [-0.4, -0.2) is 37.5 Å². The summed E-state index contributed by atoms with van der Waals surface area (Å²) in [5.41, 5.74) is 1.69. The van der Waals surface area contributed by atoms with Gasteiger partial charge in [0.25, 0.3) is 0 Å². The number of rotatable bonds is 4. The smallest absolute Gasteiger partial charge is 0.249 e. The van der Waals surface area contributed by atoms with Gasteiger partial charge in [0, 0.05) is 36.9 Å². The number of aromatic nitrogens is 4. The molecule has 1 aliphatic heterocycles. The van der Waals surface area contributed by atoms with Gasteiger partial charge in [-0.25, -0.2) is 0 Å². The summed E-state index contributed by atoms with van der Waals surface area (Å²) in [7, 11) is 0. The van der Waals surface area contributed by atoms with E-state index in [0.717, 1.165) is 17.5 Å². The van der Waals surface area contributed by atoms with E-state index in [0.29, 0.717) is 24.7 Å². The minimum Gasteiger partial charge on any atom is -0.337 e. The van der Waals surface area contributed by atoms with Crippen molar-refractivity contribution in [2.75, 3.05) is 6.54 Å². The molecule has 120 valence electrons. The first-order valence-electron chi connectivity index (χ1n) is 7.73. The van der Waals surface area contributed by atoms with Crippen LogP contribution >= 0.6 is 0 Å². The Kier molecular flexibility index (Phi) is 3.74. The van der Waals surface area contributed by atoms with Crippen molar-refractivity contribution in [1.29, 1.82) is 0 Å². The lowest BCUT2D eigenvalue weighted by molar-refractivity contribution is -0.139. The zero-order valence-corrected chi connectivity index (χ0v) is 12.9. The van der Waals surface area contributed by atoms with Gasteiger partial charge in [-0.1, -0.05) is 11.2 Å². The summed E-state index contributed by atoms with van der Waals surface area (Å²) >= 11 is 0. The topological polar surface area (TPSA) is 85.0 Å². The minimum atomic E-state index is -0.146. The van der Waals surface area contributed by atoms with E-state index in [1.165, 1.54) is 0 Å².